The van der Waals surface area contributed by atoms with E-state index < -0.39 is 17.4 Å². The Balaban J connectivity index is 2.92. The molecule has 1 aromatic heterocycles. The number of nitrogens with one attached hydrogen (secondary N) is 2. The van der Waals surface area contributed by atoms with E-state index in [0.29, 0.717) is 5.82 Å². The number of rotatable bonds is 5. The van der Waals surface area contributed by atoms with Gasteiger partial charge in [0.2, 0.25) is 5.91 Å². The number of nitrogens with zero attached hydrogens (tertiary/aromatic N) is 1. The molecule has 2 amide bonds. The number of aromatic nitrogens is 1. The average molecular weight is 286 g/mol. The van der Waals surface area contributed by atoms with Crippen molar-refractivity contribution in [3.8, 4) is 0 Å². The van der Waals surface area contributed by atoms with Crippen molar-refractivity contribution in [1.82, 2.24) is 10.3 Å². The minimum absolute atomic E-state index is 0.00515. The number of halogens is 1. The number of carbonyl (C=O) groups is 2. The Labute approximate surface area is 115 Å². The lowest BCUT2D eigenvalue weighted by Gasteiger charge is -2.24. The largest absolute Gasteiger partial charge is 0.370 e. The van der Waals surface area contributed by atoms with Gasteiger partial charge in [-0.05, 0) is 26.0 Å². The van der Waals surface area contributed by atoms with Gasteiger partial charge < -0.3 is 16.5 Å². The molecule has 0 unspecified atom stereocenters. The molecule has 0 saturated carbocycles. The summed E-state index contributed by atoms with van der Waals surface area (Å²) in [5.74, 6) is 4.50. The van der Waals surface area contributed by atoms with Crippen molar-refractivity contribution in [2.75, 3.05) is 5.43 Å². The summed E-state index contributed by atoms with van der Waals surface area (Å²) >= 11 is 5.90. The third-order valence-electron chi connectivity index (χ3n) is 2.28. The number of primary amides is 1. The maximum absolute atomic E-state index is 12.1. The number of pyridine rings is 1. The van der Waals surface area contributed by atoms with Gasteiger partial charge in [-0.2, -0.15) is 0 Å². The first-order chi connectivity index (χ1) is 8.75. The third-order valence-corrected chi connectivity index (χ3v) is 2.58. The molecular formula is C11H16ClN5O2. The van der Waals surface area contributed by atoms with Gasteiger partial charge in [-0.25, -0.2) is 10.8 Å². The predicted molar refractivity (Wildman–Crippen MR) is 72.4 cm³/mol. The van der Waals surface area contributed by atoms with Gasteiger partial charge >= 0.3 is 0 Å². The van der Waals surface area contributed by atoms with Crippen molar-refractivity contribution in [3.05, 3.63) is 22.8 Å². The van der Waals surface area contributed by atoms with Crippen molar-refractivity contribution in [1.29, 1.82) is 0 Å². The van der Waals surface area contributed by atoms with Crippen LogP contribution in [0.1, 0.15) is 30.8 Å². The van der Waals surface area contributed by atoms with Gasteiger partial charge in [-0.3, -0.25) is 9.59 Å². The fraction of sp³-hybridized carbons (Fsp3) is 0.364. The minimum Gasteiger partial charge on any atom is -0.370 e. The van der Waals surface area contributed by atoms with E-state index in [-0.39, 0.29) is 17.1 Å². The van der Waals surface area contributed by atoms with Gasteiger partial charge in [0.15, 0.2) is 0 Å². The minimum atomic E-state index is -0.792. The molecule has 0 aliphatic heterocycles. The molecule has 19 heavy (non-hydrogen) atoms. The fourth-order valence-electron chi connectivity index (χ4n) is 1.53. The highest BCUT2D eigenvalue weighted by Crippen LogP contribution is 2.17. The lowest BCUT2D eigenvalue weighted by Crippen LogP contribution is -2.46. The smallest absolute Gasteiger partial charge is 0.271 e. The van der Waals surface area contributed by atoms with Crippen molar-refractivity contribution in [2.24, 2.45) is 11.6 Å². The van der Waals surface area contributed by atoms with Crippen LogP contribution in [0, 0.1) is 0 Å². The summed E-state index contributed by atoms with van der Waals surface area (Å²) in [6, 6.07) is 3.04. The molecule has 0 bridgehead atoms. The molecule has 0 aliphatic rings. The van der Waals surface area contributed by atoms with E-state index in [1.165, 1.54) is 12.1 Å². The Morgan fingerprint density at radius 2 is 2.05 bits per heavy atom. The summed E-state index contributed by atoms with van der Waals surface area (Å²) in [6.45, 7) is 3.35. The Morgan fingerprint density at radius 1 is 1.42 bits per heavy atom. The van der Waals surface area contributed by atoms with E-state index >= 15 is 0 Å². The number of nitrogens with two attached hydrogens (primary N) is 2. The number of hydrogen-bond acceptors (Lipinski definition) is 5. The molecule has 0 fully saturated rings. The fourth-order valence-corrected chi connectivity index (χ4v) is 1.72. The summed E-state index contributed by atoms with van der Waals surface area (Å²) in [6.07, 6.45) is 0.00515. The van der Waals surface area contributed by atoms with Gasteiger partial charge in [0.25, 0.3) is 5.91 Å². The zero-order valence-electron chi connectivity index (χ0n) is 10.7. The SMILES string of the molecule is CC(C)(CC(N)=O)NC(=O)c1nc(NN)ccc1Cl. The molecule has 1 aromatic rings. The summed E-state index contributed by atoms with van der Waals surface area (Å²) in [7, 11) is 0. The summed E-state index contributed by atoms with van der Waals surface area (Å²) in [4.78, 5) is 26.9. The molecule has 0 spiro atoms. The number of hydrazine groups is 1. The van der Waals surface area contributed by atoms with Crippen LogP contribution in [0.2, 0.25) is 5.02 Å². The van der Waals surface area contributed by atoms with Gasteiger partial charge in [0.05, 0.1) is 5.02 Å². The van der Waals surface area contributed by atoms with E-state index in [4.69, 9.17) is 23.2 Å². The van der Waals surface area contributed by atoms with Crippen LogP contribution in [-0.2, 0) is 4.79 Å². The van der Waals surface area contributed by atoms with Gasteiger partial charge in [-0.15, -0.1) is 0 Å². The second-order valence-electron chi connectivity index (χ2n) is 4.65. The highest BCUT2D eigenvalue weighted by Gasteiger charge is 2.25. The average Bonchev–Trinajstić information content (AvgIpc) is 2.26. The molecule has 104 valence electrons. The van der Waals surface area contributed by atoms with Gasteiger partial charge in [-0.1, -0.05) is 11.6 Å². The topological polar surface area (TPSA) is 123 Å². The van der Waals surface area contributed by atoms with E-state index in [1.807, 2.05) is 0 Å². The highest BCUT2D eigenvalue weighted by atomic mass is 35.5. The summed E-state index contributed by atoms with van der Waals surface area (Å²) in [5, 5.41) is 2.83. The highest BCUT2D eigenvalue weighted by molar-refractivity contribution is 6.33. The third kappa shape index (κ3) is 4.38. The molecule has 8 heteroatoms. The van der Waals surface area contributed by atoms with Crippen molar-refractivity contribution in [3.63, 3.8) is 0 Å². The molecule has 0 atom stereocenters. The Kier molecular flexibility index (Phi) is 4.68. The second-order valence-corrected chi connectivity index (χ2v) is 5.06. The number of amides is 2. The molecule has 0 saturated heterocycles. The van der Waals surface area contributed by atoms with Crippen LogP contribution >= 0.6 is 11.6 Å². The lowest BCUT2D eigenvalue weighted by atomic mass is 10.00. The summed E-state index contributed by atoms with van der Waals surface area (Å²) < 4.78 is 0. The van der Waals surface area contributed by atoms with Crippen LogP contribution in [0.3, 0.4) is 0 Å². The molecule has 0 aromatic carbocycles. The zero-order chi connectivity index (χ0) is 14.6. The Morgan fingerprint density at radius 3 is 2.58 bits per heavy atom. The maximum Gasteiger partial charge on any atom is 0.271 e. The number of hydrogen-bond donors (Lipinski definition) is 4. The molecule has 0 aliphatic carbocycles. The van der Waals surface area contributed by atoms with Crippen molar-refractivity contribution >= 4 is 29.2 Å². The van der Waals surface area contributed by atoms with E-state index in [9.17, 15) is 9.59 Å². The monoisotopic (exact) mass is 285 g/mol. The van der Waals surface area contributed by atoms with Crippen LogP contribution in [0.4, 0.5) is 5.82 Å². The van der Waals surface area contributed by atoms with Crippen LogP contribution in [-0.4, -0.2) is 22.3 Å². The van der Waals surface area contributed by atoms with E-state index in [2.05, 4.69) is 15.7 Å². The standard InChI is InChI=1S/C11H16ClN5O2/c1-11(2,5-7(13)18)16-10(19)9-6(12)3-4-8(15-9)17-14/h3-4H,5,14H2,1-2H3,(H2,13,18)(H,15,17)(H,16,19). The van der Waals surface area contributed by atoms with Crippen molar-refractivity contribution < 1.29 is 9.59 Å². The molecular weight excluding hydrogens is 270 g/mol. The van der Waals surface area contributed by atoms with Crippen molar-refractivity contribution in [2.45, 2.75) is 25.8 Å². The zero-order valence-corrected chi connectivity index (χ0v) is 11.4. The first-order valence-corrected chi connectivity index (χ1v) is 5.87. The molecule has 0 radical (unpaired) electrons. The predicted octanol–water partition coefficient (Wildman–Crippen LogP) is 0.404. The van der Waals surface area contributed by atoms with E-state index in [1.54, 1.807) is 13.8 Å². The van der Waals surface area contributed by atoms with Crippen LogP contribution in [0.25, 0.3) is 0 Å². The normalized spacial score (nSPS) is 10.9. The maximum atomic E-state index is 12.1. The second kappa shape index (κ2) is 5.85. The van der Waals surface area contributed by atoms with Gasteiger partial charge in [0, 0.05) is 12.0 Å². The molecule has 7 nitrogen and oxygen atoms in total. The van der Waals surface area contributed by atoms with Gasteiger partial charge in [0.1, 0.15) is 11.5 Å². The number of anilines is 1. The summed E-state index contributed by atoms with van der Waals surface area (Å²) in [5.41, 5.74) is 6.66. The first kappa shape index (κ1) is 15.2. The molecule has 6 N–H and O–H groups in total. The van der Waals surface area contributed by atoms with Crippen LogP contribution < -0.4 is 22.3 Å². The molecule has 1 rings (SSSR count). The number of nitrogen functional groups attached to an aromatic ring is 1. The molecule has 1 heterocycles. The number of carbonyl (C=O) groups excluding carboxylic acids is 2. The Hall–Kier alpha value is -1.86. The quantitative estimate of drug-likeness (QED) is 0.461. The van der Waals surface area contributed by atoms with Crippen LogP contribution in [0.15, 0.2) is 12.1 Å². The first-order valence-electron chi connectivity index (χ1n) is 5.49. The lowest BCUT2D eigenvalue weighted by molar-refractivity contribution is -0.119. The Bertz CT molecular complexity index is 504. The van der Waals surface area contributed by atoms with Crippen LogP contribution in [0.5, 0.6) is 0 Å². The van der Waals surface area contributed by atoms with E-state index in [0.717, 1.165) is 0 Å².